The summed E-state index contributed by atoms with van der Waals surface area (Å²) in [6.45, 7) is 8.56. The molecule has 0 spiro atoms. The average molecular weight is 987 g/mol. The first-order valence-corrected chi connectivity index (χ1v) is 24.0. The first-order chi connectivity index (χ1) is 29.6. The van der Waals surface area contributed by atoms with Gasteiger partial charge in [0.2, 0.25) is 17.7 Å². The molecule has 2 saturated carbocycles. The Hall–Kier alpha value is -3.67. The second-order valence-electron chi connectivity index (χ2n) is 18.2. The van der Waals surface area contributed by atoms with E-state index in [0.29, 0.717) is 35.2 Å². The Balaban J connectivity index is 1.03. The summed E-state index contributed by atoms with van der Waals surface area (Å²) < 4.78 is 31.1. The number of aromatic nitrogens is 1. The van der Waals surface area contributed by atoms with Gasteiger partial charge in [0, 0.05) is 23.1 Å². The molecule has 3 amide bonds. The van der Waals surface area contributed by atoms with Crippen molar-refractivity contribution in [1.82, 2.24) is 20.5 Å². The topological polar surface area (TPSA) is 175 Å². The Morgan fingerprint density at radius 3 is 2.63 bits per heavy atom. The maximum absolute atomic E-state index is 14.6. The standard InChI is InChI=1S/C45H59BBr2N4O10/c1-43(2)44(3,4)62-46(61-43)21-14-8-9-16-28-24-35(28)60-42(57)50-33-20-11-7-5-6-10-17-29-26-45(29,41(55)56)51-38(53)34-25-30(27-52(34)40(33)54)59-39-36(48)37(58-23-15-22-47)31-18-12-13-19-32(31)49-39/h10,12-14,17-19,21,28-30,33-35H,5-9,11,15-16,20,22-27H2,1-4H3,(H,50,57)(H,51,53)(H,55,56)/b17-10-,21-14+/t28-,29-,30-,33+,34+,35-,45-/m1/s1. The molecule has 1 aromatic heterocycles. The summed E-state index contributed by atoms with van der Waals surface area (Å²) in [5.74, 6) is 0.479. The molecule has 4 fully saturated rings. The van der Waals surface area contributed by atoms with E-state index in [9.17, 15) is 24.3 Å². The van der Waals surface area contributed by atoms with E-state index in [1.165, 1.54) is 4.90 Å². The van der Waals surface area contributed by atoms with Crippen LogP contribution in [-0.2, 0) is 28.4 Å². The number of carboxylic acids is 1. The van der Waals surface area contributed by atoms with Gasteiger partial charge in [0.05, 0.1) is 29.9 Å². The molecule has 5 aliphatic rings. The summed E-state index contributed by atoms with van der Waals surface area (Å²) in [7, 11) is -0.379. The predicted octanol–water partition coefficient (Wildman–Crippen LogP) is 7.83. The number of carbonyl (C=O) groups is 4. The lowest BCUT2D eigenvalue weighted by Crippen LogP contribution is -2.56. The molecule has 2 saturated heterocycles. The van der Waals surface area contributed by atoms with Crippen LogP contribution >= 0.6 is 31.9 Å². The summed E-state index contributed by atoms with van der Waals surface area (Å²) in [5, 5.41) is 17.5. The number of para-hydroxylation sites is 1. The van der Waals surface area contributed by atoms with Crippen LogP contribution in [0.4, 0.5) is 4.79 Å². The SMILES string of the molecule is CC1(C)OB(/C=C/CCC[C@@H]2C[C@H]2OC(=O)N[C@H]2CCCCC/C=C\[C@@H]3C[C@@]3(C(=O)O)NC(=O)[C@@H]3C[C@@H](Oc4nc5ccccc5c(OCCCBr)c4Br)CN3C2=O)OC1(C)C. The Morgan fingerprint density at radius 2 is 1.87 bits per heavy atom. The Kier molecular flexibility index (Phi) is 14.7. The molecule has 0 bridgehead atoms. The minimum atomic E-state index is -1.46. The third kappa shape index (κ3) is 10.6. The minimum Gasteiger partial charge on any atom is -0.491 e. The number of nitrogens with one attached hydrogen (secondary N) is 2. The van der Waals surface area contributed by atoms with Gasteiger partial charge in [-0.2, -0.15) is 0 Å². The molecule has 3 aliphatic heterocycles. The van der Waals surface area contributed by atoms with E-state index in [0.717, 1.165) is 62.1 Å². The van der Waals surface area contributed by atoms with E-state index in [1.807, 2.05) is 70.1 Å². The summed E-state index contributed by atoms with van der Waals surface area (Å²) in [6, 6.07) is 5.50. The Morgan fingerprint density at radius 1 is 1.10 bits per heavy atom. The van der Waals surface area contributed by atoms with Gasteiger partial charge < -0.3 is 44.2 Å². The van der Waals surface area contributed by atoms with Gasteiger partial charge in [-0.05, 0) is 119 Å². The quantitative estimate of drug-likeness (QED) is 0.0729. The predicted molar refractivity (Wildman–Crippen MR) is 241 cm³/mol. The molecule has 62 heavy (non-hydrogen) atoms. The molecule has 7 atom stereocenters. The molecule has 2 aromatic rings. The maximum atomic E-state index is 14.6. The number of fused-ring (bicyclic) bond motifs is 3. The molecule has 336 valence electrons. The van der Waals surface area contributed by atoms with Crippen LogP contribution in [-0.4, -0.2) is 106 Å². The summed E-state index contributed by atoms with van der Waals surface area (Å²) in [4.78, 5) is 61.1. The largest absolute Gasteiger partial charge is 0.491 e. The summed E-state index contributed by atoms with van der Waals surface area (Å²) >= 11 is 7.11. The average Bonchev–Trinajstić information content (AvgIpc) is 4.06. The van der Waals surface area contributed by atoms with Gasteiger partial charge in [-0.15, -0.1) is 0 Å². The van der Waals surface area contributed by atoms with Crippen LogP contribution in [0.3, 0.4) is 0 Å². The first kappa shape index (κ1) is 46.3. The van der Waals surface area contributed by atoms with Crippen LogP contribution in [0.15, 0.2) is 52.9 Å². The highest BCUT2D eigenvalue weighted by Gasteiger charge is 2.61. The zero-order valence-corrected chi connectivity index (χ0v) is 39.2. The van der Waals surface area contributed by atoms with Crippen LogP contribution in [0.25, 0.3) is 10.9 Å². The van der Waals surface area contributed by atoms with E-state index >= 15 is 0 Å². The van der Waals surface area contributed by atoms with Crippen LogP contribution < -0.4 is 20.1 Å². The highest BCUT2D eigenvalue weighted by Crippen LogP contribution is 2.46. The first-order valence-electron chi connectivity index (χ1n) is 22.1. The number of aliphatic carboxylic acids is 1. The molecule has 14 nitrogen and oxygen atoms in total. The molecule has 2 aliphatic carbocycles. The van der Waals surface area contributed by atoms with Gasteiger partial charge in [0.25, 0.3) is 0 Å². The lowest BCUT2D eigenvalue weighted by molar-refractivity contribution is -0.145. The number of hydrogen-bond acceptors (Lipinski definition) is 10. The van der Waals surface area contributed by atoms with Gasteiger partial charge >= 0.3 is 19.2 Å². The number of alkyl halides is 1. The number of alkyl carbamates (subject to hydrolysis) is 1. The van der Waals surface area contributed by atoms with Gasteiger partial charge in [0.15, 0.2) is 0 Å². The van der Waals surface area contributed by atoms with Crippen LogP contribution in [0.2, 0.25) is 0 Å². The molecular weight excluding hydrogens is 927 g/mol. The fourth-order valence-electron chi connectivity index (χ4n) is 8.54. The normalized spacial score (nSPS) is 29.8. The van der Waals surface area contributed by atoms with Gasteiger partial charge in [-0.25, -0.2) is 14.6 Å². The number of amides is 3. The van der Waals surface area contributed by atoms with Crippen molar-refractivity contribution in [2.24, 2.45) is 11.8 Å². The number of carbonyl (C=O) groups excluding carboxylic acids is 3. The highest BCUT2D eigenvalue weighted by molar-refractivity contribution is 9.10. The van der Waals surface area contributed by atoms with Crippen molar-refractivity contribution in [3.05, 3.63) is 52.9 Å². The van der Waals surface area contributed by atoms with Crippen molar-refractivity contribution >= 4 is 73.8 Å². The molecule has 4 heterocycles. The van der Waals surface area contributed by atoms with Crippen molar-refractivity contribution in [3.63, 3.8) is 0 Å². The molecule has 17 heteroatoms. The van der Waals surface area contributed by atoms with Crippen LogP contribution in [0.5, 0.6) is 11.6 Å². The van der Waals surface area contributed by atoms with E-state index in [1.54, 1.807) is 0 Å². The van der Waals surface area contributed by atoms with Crippen molar-refractivity contribution in [2.45, 2.75) is 146 Å². The maximum Gasteiger partial charge on any atom is 0.486 e. The molecule has 0 radical (unpaired) electrons. The Labute approximate surface area is 381 Å². The second-order valence-corrected chi connectivity index (χ2v) is 19.8. The monoisotopic (exact) mass is 984 g/mol. The summed E-state index contributed by atoms with van der Waals surface area (Å²) in [6.07, 6.45) is 12.2. The number of ether oxygens (including phenoxy) is 3. The van der Waals surface area contributed by atoms with E-state index in [-0.39, 0.29) is 61.5 Å². The van der Waals surface area contributed by atoms with Crippen molar-refractivity contribution in [2.75, 3.05) is 18.5 Å². The number of hydrogen-bond donors (Lipinski definition) is 3. The van der Waals surface area contributed by atoms with E-state index in [4.69, 9.17) is 28.5 Å². The minimum absolute atomic E-state index is 0.00192. The Bertz CT molecular complexity index is 2040. The van der Waals surface area contributed by atoms with Crippen molar-refractivity contribution in [3.8, 4) is 11.6 Å². The van der Waals surface area contributed by atoms with Gasteiger partial charge in [-0.3, -0.25) is 9.59 Å². The number of halogens is 2. The third-order valence-corrected chi connectivity index (χ3v) is 14.4. The number of pyridine rings is 1. The molecule has 0 unspecified atom stereocenters. The molecule has 3 N–H and O–H groups in total. The number of benzene rings is 1. The number of unbranched alkanes of at least 4 members (excludes halogenated alkanes) is 1. The third-order valence-electron chi connectivity index (χ3n) is 13.1. The summed E-state index contributed by atoms with van der Waals surface area (Å²) in [5.41, 5.74) is -1.59. The van der Waals surface area contributed by atoms with E-state index < -0.39 is 47.6 Å². The lowest BCUT2D eigenvalue weighted by Gasteiger charge is -2.32. The highest BCUT2D eigenvalue weighted by atomic mass is 79.9. The van der Waals surface area contributed by atoms with Crippen LogP contribution in [0, 0.1) is 11.8 Å². The fraction of sp³-hybridized carbons (Fsp3) is 0.622. The van der Waals surface area contributed by atoms with Gasteiger partial charge in [0.1, 0.15) is 40.1 Å². The number of nitrogens with zero attached hydrogens (tertiary/aromatic N) is 2. The van der Waals surface area contributed by atoms with Crippen molar-refractivity contribution in [1.29, 1.82) is 0 Å². The van der Waals surface area contributed by atoms with Gasteiger partial charge in [-0.1, -0.05) is 65.1 Å². The zero-order chi connectivity index (χ0) is 44.2. The van der Waals surface area contributed by atoms with Crippen molar-refractivity contribution < 1.29 is 47.8 Å². The molecule has 7 rings (SSSR count). The number of rotatable bonds is 14. The number of allylic oxidation sites excluding steroid dienone is 2. The fourth-order valence-corrected chi connectivity index (χ4v) is 9.28. The van der Waals surface area contributed by atoms with E-state index in [2.05, 4.69) is 48.6 Å². The second kappa shape index (κ2) is 19.6. The smallest absolute Gasteiger partial charge is 0.486 e. The molecular formula is C45H59BBr2N4O10. The van der Waals surface area contributed by atoms with Crippen LogP contribution in [0.1, 0.15) is 105 Å². The number of carboxylic acid groups (broad SMARTS) is 1. The zero-order valence-electron chi connectivity index (χ0n) is 36.0. The lowest BCUT2D eigenvalue weighted by atomic mass is 9.89. The molecule has 1 aromatic carbocycles.